The van der Waals surface area contributed by atoms with E-state index < -0.39 is 0 Å². The number of nitrogens with zero attached hydrogens (tertiary/aromatic N) is 1. The van der Waals surface area contributed by atoms with E-state index in [0.29, 0.717) is 25.1 Å². The van der Waals surface area contributed by atoms with Crippen LogP contribution >= 0.6 is 0 Å². The maximum absolute atomic E-state index is 12.2. The summed E-state index contributed by atoms with van der Waals surface area (Å²) in [5, 5.41) is 2.80. The molecule has 0 radical (unpaired) electrons. The van der Waals surface area contributed by atoms with Gasteiger partial charge in [-0.25, -0.2) is 0 Å². The lowest BCUT2D eigenvalue weighted by molar-refractivity contribution is -0.130. The fourth-order valence-electron chi connectivity index (χ4n) is 2.42. The van der Waals surface area contributed by atoms with Crippen LogP contribution in [0.2, 0.25) is 0 Å². The van der Waals surface area contributed by atoms with E-state index in [1.807, 2.05) is 56.3 Å². The molecule has 0 heterocycles. The third-order valence-electron chi connectivity index (χ3n) is 3.87. The molecule has 0 saturated heterocycles. The van der Waals surface area contributed by atoms with Crippen LogP contribution in [0, 0.1) is 13.8 Å². The van der Waals surface area contributed by atoms with Crippen LogP contribution in [0.4, 0.5) is 0 Å². The fraction of sp³-hybridized carbons (Fsp3) is 0.300. The minimum absolute atomic E-state index is 0.0140. The lowest BCUT2D eigenvalue weighted by Crippen LogP contribution is -2.31. The molecule has 0 spiro atoms. The number of hydrogen-bond donors (Lipinski definition) is 1. The topological polar surface area (TPSA) is 49.4 Å². The second kappa shape index (κ2) is 8.29. The maximum Gasteiger partial charge on any atom is 0.251 e. The number of carbonyl (C=O) groups excluding carboxylic acids is 2. The van der Waals surface area contributed by atoms with Crippen molar-refractivity contribution in [2.24, 2.45) is 0 Å². The molecule has 24 heavy (non-hydrogen) atoms. The number of rotatable bonds is 6. The summed E-state index contributed by atoms with van der Waals surface area (Å²) in [7, 11) is 1.78. The molecule has 2 aromatic rings. The van der Waals surface area contributed by atoms with Gasteiger partial charge in [-0.1, -0.05) is 47.5 Å². The third-order valence-corrected chi connectivity index (χ3v) is 3.87. The fourth-order valence-corrected chi connectivity index (χ4v) is 2.42. The molecule has 1 N–H and O–H groups in total. The Hall–Kier alpha value is -2.62. The molecule has 0 aliphatic heterocycles. The van der Waals surface area contributed by atoms with Gasteiger partial charge >= 0.3 is 0 Å². The second-order valence-electron chi connectivity index (χ2n) is 6.11. The normalized spacial score (nSPS) is 10.3. The van der Waals surface area contributed by atoms with E-state index in [-0.39, 0.29) is 11.8 Å². The zero-order valence-corrected chi connectivity index (χ0v) is 14.5. The Bertz CT molecular complexity index is 708. The van der Waals surface area contributed by atoms with E-state index in [1.54, 1.807) is 18.0 Å². The summed E-state index contributed by atoms with van der Waals surface area (Å²) in [5.74, 6) is -0.132. The molecule has 0 bridgehead atoms. The Labute approximate surface area is 143 Å². The van der Waals surface area contributed by atoms with Crippen molar-refractivity contribution in [3.8, 4) is 0 Å². The van der Waals surface area contributed by atoms with E-state index in [2.05, 4.69) is 5.32 Å². The van der Waals surface area contributed by atoms with Gasteiger partial charge in [0.1, 0.15) is 0 Å². The highest BCUT2D eigenvalue weighted by Crippen LogP contribution is 2.07. The molecule has 4 heteroatoms. The van der Waals surface area contributed by atoms with Crippen LogP contribution in [0.5, 0.6) is 0 Å². The number of hydrogen-bond acceptors (Lipinski definition) is 2. The largest absolute Gasteiger partial charge is 0.352 e. The minimum Gasteiger partial charge on any atom is -0.352 e. The predicted octanol–water partition coefficient (Wildman–Crippen LogP) is 3.08. The molecule has 2 aromatic carbocycles. The maximum atomic E-state index is 12.2. The molecule has 0 aromatic heterocycles. The third kappa shape index (κ3) is 5.23. The van der Waals surface area contributed by atoms with Crippen LogP contribution in [-0.2, 0) is 11.3 Å². The molecule has 0 aliphatic rings. The molecule has 126 valence electrons. The van der Waals surface area contributed by atoms with E-state index in [4.69, 9.17) is 0 Å². The molecule has 0 saturated carbocycles. The van der Waals surface area contributed by atoms with Crippen molar-refractivity contribution in [2.75, 3.05) is 13.6 Å². The summed E-state index contributed by atoms with van der Waals surface area (Å²) >= 11 is 0. The van der Waals surface area contributed by atoms with Crippen molar-refractivity contribution in [1.82, 2.24) is 10.2 Å². The number of nitrogens with one attached hydrogen (secondary N) is 1. The monoisotopic (exact) mass is 324 g/mol. The quantitative estimate of drug-likeness (QED) is 0.888. The van der Waals surface area contributed by atoms with E-state index >= 15 is 0 Å². The van der Waals surface area contributed by atoms with Gasteiger partial charge in [0.25, 0.3) is 5.91 Å². The van der Waals surface area contributed by atoms with Crippen molar-refractivity contribution < 1.29 is 9.59 Å². The second-order valence-corrected chi connectivity index (χ2v) is 6.11. The van der Waals surface area contributed by atoms with Crippen molar-refractivity contribution in [3.05, 3.63) is 70.8 Å². The van der Waals surface area contributed by atoms with Crippen molar-refractivity contribution in [2.45, 2.75) is 26.8 Å². The van der Waals surface area contributed by atoms with Gasteiger partial charge in [0.05, 0.1) is 0 Å². The first-order valence-electron chi connectivity index (χ1n) is 8.10. The average Bonchev–Trinajstić information content (AvgIpc) is 2.56. The van der Waals surface area contributed by atoms with Crippen LogP contribution in [0.15, 0.2) is 48.5 Å². The van der Waals surface area contributed by atoms with Gasteiger partial charge in [0.2, 0.25) is 5.91 Å². The summed E-state index contributed by atoms with van der Waals surface area (Å²) in [6, 6.07) is 15.5. The number of carbonyl (C=O) groups is 2. The van der Waals surface area contributed by atoms with Crippen molar-refractivity contribution in [1.29, 1.82) is 0 Å². The van der Waals surface area contributed by atoms with Crippen LogP contribution in [0.3, 0.4) is 0 Å². The minimum atomic E-state index is -0.146. The summed E-state index contributed by atoms with van der Waals surface area (Å²) in [4.78, 5) is 25.9. The zero-order chi connectivity index (χ0) is 17.5. The Morgan fingerprint density at radius 3 is 2.38 bits per heavy atom. The Kier molecular flexibility index (Phi) is 6.13. The first-order chi connectivity index (χ1) is 11.5. The van der Waals surface area contributed by atoms with Gasteiger partial charge in [-0.3, -0.25) is 9.59 Å². The molecule has 0 fully saturated rings. The molecular formula is C20H24N2O2. The summed E-state index contributed by atoms with van der Waals surface area (Å²) in [5.41, 5.74) is 3.96. The average molecular weight is 324 g/mol. The van der Waals surface area contributed by atoms with E-state index in [0.717, 1.165) is 11.1 Å². The van der Waals surface area contributed by atoms with Gasteiger partial charge in [0.15, 0.2) is 0 Å². The predicted molar refractivity (Wildman–Crippen MR) is 95.8 cm³/mol. The number of amides is 2. The smallest absolute Gasteiger partial charge is 0.251 e. The highest BCUT2D eigenvalue weighted by Gasteiger charge is 2.11. The summed E-state index contributed by atoms with van der Waals surface area (Å²) < 4.78 is 0. The van der Waals surface area contributed by atoms with Crippen LogP contribution in [-0.4, -0.2) is 30.3 Å². The summed E-state index contributed by atoms with van der Waals surface area (Å²) in [6.07, 6.45) is 0.292. The molecule has 0 unspecified atom stereocenters. The zero-order valence-electron chi connectivity index (χ0n) is 14.5. The molecule has 2 amide bonds. The highest BCUT2D eigenvalue weighted by atomic mass is 16.2. The Balaban J connectivity index is 1.78. The van der Waals surface area contributed by atoms with Crippen LogP contribution in [0.1, 0.15) is 33.5 Å². The number of benzene rings is 2. The molecule has 4 nitrogen and oxygen atoms in total. The lowest BCUT2D eigenvalue weighted by Gasteiger charge is -2.17. The van der Waals surface area contributed by atoms with Gasteiger partial charge in [-0.05, 0) is 31.5 Å². The first-order valence-corrected chi connectivity index (χ1v) is 8.10. The van der Waals surface area contributed by atoms with Crippen LogP contribution in [0.25, 0.3) is 0 Å². The molecular weight excluding hydrogens is 300 g/mol. The Morgan fingerprint density at radius 2 is 1.71 bits per heavy atom. The molecule has 0 atom stereocenters. The van der Waals surface area contributed by atoms with E-state index in [1.165, 1.54) is 5.56 Å². The van der Waals surface area contributed by atoms with Gasteiger partial charge in [-0.15, -0.1) is 0 Å². The lowest BCUT2D eigenvalue weighted by atomic mass is 10.1. The Morgan fingerprint density at radius 1 is 1.00 bits per heavy atom. The highest BCUT2D eigenvalue weighted by molar-refractivity contribution is 5.94. The van der Waals surface area contributed by atoms with E-state index in [9.17, 15) is 9.59 Å². The van der Waals surface area contributed by atoms with Gasteiger partial charge in [0, 0.05) is 32.1 Å². The van der Waals surface area contributed by atoms with Crippen molar-refractivity contribution in [3.63, 3.8) is 0 Å². The van der Waals surface area contributed by atoms with Crippen LogP contribution < -0.4 is 5.32 Å². The standard InChI is InChI=1S/C20H24N2O2/c1-15-7-9-17(10-8-15)14-22(3)19(23)11-12-21-20(24)18-6-4-5-16(2)13-18/h4-10,13H,11-12,14H2,1-3H3,(H,21,24). The van der Waals surface area contributed by atoms with Gasteiger partial charge in [-0.2, -0.15) is 0 Å². The van der Waals surface area contributed by atoms with Crippen molar-refractivity contribution >= 4 is 11.8 Å². The number of aryl methyl sites for hydroxylation is 2. The first kappa shape index (κ1) is 17.7. The summed E-state index contributed by atoms with van der Waals surface area (Å²) in [6.45, 7) is 4.89. The van der Waals surface area contributed by atoms with Gasteiger partial charge < -0.3 is 10.2 Å². The SMILES string of the molecule is Cc1ccc(CN(C)C(=O)CCNC(=O)c2cccc(C)c2)cc1. The molecule has 2 rings (SSSR count). The molecule has 0 aliphatic carbocycles.